The number of benzene rings is 1. The van der Waals surface area contributed by atoms with Gasteiger partial charge in [-0.15, -0.1) is 0 Å². The summed E-state index contributed by atoms with van der Waals surface area (Å²) in [5.74, 6) is 0.0587. The van der Waals surface area contributed by atoms with Gasteiger partial charge in [-0.3, -0.25) is 20.2 Å². The van der Waals surface area contributed by atoms with Crippen molar-refractivity contribution in [3.63, 3.8) is 0 Å². The number of non-ortho nitro benzene ring substituents is 1. The van der Waals surface area contributed by atoms with Crippen LogP contribution in [0.5, 0.6) is 0 Å². The van der Waals surface area contributed by atoms with Crippen molar-refractivity contribution in [3.05, 3.63) is 39.9 Å². The highest BCUT2D eigenvalue weighted by molar-refractivity contribution is 5.83. The predicted molar refractivity (Wildman–Crippen MR) is 61.4 cm³/mol. The van der Waals surface area contributed by atoms with Crippen molar-refractivity contribution in [2.75, 3.05) is 13.7 Å². The zero-order chi connectivity index (χ0) is 12.4. The minimum atomic E-state index is -0.434. The Balaban J connectivity index is 2.04. The SMILES string of the molecule is CN1CNC(Cc2ccc([N+](=O)[O-])cc2)C1=O. The number of nitrogens with one attached hydrogen (secondary N) is 1. The molecule has 1 N–H and O–H groups in total. The van der Waals surface area contributed by atoms with E-state index in [-0.39, 0.29) is 17.6 Å². The number of amides is 1. The summed E-state index contributed by atoms with van der Waals surface area (Å²) in [5.41, 5.74) is 0.980. The lowest BCUT2D eigenvalue weighted by Gasteiger charge is -2.08. The van der Waals surface area contributed by atoms with Gasteiger partial charge in [0.05, 0.1) is 17.6 Å². The maximum absolute atomic E-state index is 11.6. The topological polar surface area (TPSA) is 75.5 Å². The van der Waals surface area contributed by atoms with Crippen molar-refractivity contribution < 1.29 is 9.72 Å². The van der Waals surface area contributed by atoms with Crippen LogP contribution in [0.25, 0.3) is 0 Å². The average molecular weight is 235 g/mol. The molecule has 0 bridgehead atoms. The molecule has 0 aromatic heterocycles. The van der Waals surface area contributed by atoms with Crippen LogP contribution >= 0.6 is 0 Å². The molecular weight excluding hydrogens is 222 g/mol. The van der Waals surface area contributed by atoms with Gasteiger partial charge >= 0.3 is 0 Å². The van der Waals surface area contributed by atoms with E-state index >= 15 is 0 Å². The van der Waals surface area contributed by atoms with Crippen molar-refractivity contribution in [3.8, 4) is 0 Å². The highest BCUT2D eigenvalue weighted by atomic mass is 16.6. The van der Waals surface area contributed by atoms with Gasteiger partial charge in [-0.05, 0) is 12.0 Å². The Morgan fingerprint density at radius 1 is 1.47 bits per heavy atom. The van der Waals surface area contributed by atoms with Crippen molar-refractivity contribution >= 4 is 11.6 Å². The lowest BCUT2D eigenvalue weighted by atomic mass is 10.1. The molecule has 1 saturated heterocycles. The van der Waals surface area contributed by atoms with E-state index in [1.54, 1.807) is 24.1 Å². The summed E-state index contributed by atoms with van der Waals surface area (Å²) in [6.07, 6.45) is 0.557. The first-order valence-electron chi connectivity index (χ1n) is 5.29. The fourth-order valence-corrected chi connectivity index (χ4v) is 1.83. The first kappa shape index (κ1) is 11.5. The van der Waals surface area contributed by atoms with Gasteiger partial charge < -0.3 is 4.90 Å². The molecule has 0 saturated carbocycles. The Morgan fingerprint density at radius 2 is 2.12 bits per heavy atom. The minimum Gasteiger partial charge on any atom is -0.332 e. The van der Waals surface area contributed by atoms with Crippen LogP contribution in [-0.2, 0) is 11.2 Å². The third kappa shape index (κ3) is 2.42. The van der Waals surface area contributed by atoms with Gasteiger partial charge in [-0.2, -0.15) is 0 Å². The molecular formula is C11H13N3O3. The molecule has 90 valence electrons. The molecule has 1 amide bonds. The normalized spacial score (nSPS) is 19.7. The number of carbonyl (C=O) groups is 1. The van der Waals surface area contributed by atoms with E-state index in [1.807, 2.05) is 0 Å². The Kier molecular flexibility index (Phi) is 3.06. The van der Waals surface area contributed by atoms with Gasteiger partial charge in [0.1, 0.15) is 0 Å². The Labute approximate surface area is 98.4 Å². The van der Waals surface area contributed by atoms with Gasteiger partial charge in [-0.25, -0.2) is 0 Å². The molecule has 1 aromatic rings. The number of nitro groups is 1. The first-order chi connectivity index (χ1) is 8.08. The summed E-state index contributed by atoms with van der Waals surface area (Å²) in [6.45, 7) is 0.552. The average Bonchev–Trinajstić information content (AvgIpc) is 2.62. The molecule has 0 aliphatic carbocycles. The molecule has 17 heavy (non-hydrogen) atoms. The summed E-state index contributed by atoms with van der Waals surface area (Å²) in [7, 11) is 1.74. The number of rotatable bonds is 3. The second-order valence-corrected chi connectivity index (χ2v) is 4.08. The second-order valence-electron chi connectivity index (χ2n) is 4.08. The molecule has 1 heterocycles. The molecule has 1 aliphatic rings. The summed E-state index contributed by atoms with van der Waals surface area (Å²) in [5, 5.41) is 13.6. The van der Waals surface area contributed by atoms with Gasteiger partial charge in [0.2, 0.25) is 5.91 Å². The third-order valence-corrected chi connectivity index (χ3v) is 2.84. The molecule has 1 fully saturated rings. The van der Waals surface area contributed by atoms with E-state index in [9.17, 15) is 14.9 Å². The van der Waals surface area contributed by atoms with Crippen molar-refractivity contribution in [1.82, 2.24) is 10.2 Å². The third-order valence-electron chi connectivity index (χ3n) is 2.84. The van der Waals surface area contributed by atoms with E-state index in [0.29, 0.717) is 13.1 Å². The smallest absolute Gasteiger partial charge is 0.269 e. The maximum Gasteiger partial charge on any atom is 0.269 e. The zero-order valence-electron chi connectivity index (χ0n) is 9.42. The second kappa shape index (κ2) is 4.50. The maximum atomic E-state index is 11.6. The van der Waals surface area contributed by atoms with Gasteiger partial charge in [0.25, 0.3) is 5.69 Å². The van der Waals surface area contributed by atoms with Gasteiger partial charge in [0.15, 0.2) is 0 Å². The number of hydrogen-bond donors (Lipinski definition) is 1. The molecule has 1 atom stereocenters. The number of likely N-dealkylation sites (N-methyl/N-ethyl adjacent to an activating group) is 1. The fraction of sp³-hybridized carbons (Fsp3) is 0.364. The summed E-state index contributed by atoms with van der Waals surface area (Å²) >= 11 is 0. The standard InChI is InChI=1S/C11H13N3O3/c1-13-7-12-10(11(13)15)6-8-2-4-9(5-3-8)14(16)17/h2-5,10,12H,6-7H2,1H3. The van der Waals surface area contributed by atoms with E-state index in [0.717, 1.165) is 5.56 Å². The van der Waals surface area contributed by atoms with Crippen LogP contribution in [0.4, 0.5) is 5.69 Å². The van der Waals surface area contributed by atoms with Gasteiger partial charge in [-0.1, -0.05) is 12.1 Å². The minimum absolute atomic E-state index is 0.0587. The first-order valence-corrected chi connectivity index (χ1v) is 5.29. The van der Waals surface area contributed by atoms with Crippen LogP contribution < -0.4 is 5.32 Å². The Hall–Kier alpha value is -1.95. The molecule has 1 aliphatic heterocycles. The molecule has 0 spiro atoms. The number of nitrogens with zero attached hydrogens (tertiary/aromatic N) is 2. The highest BCUT2D eigenvalue weighted by Gasteiger charge is 2.28. The molecule has 1 unspecified atom stereocenters. The molecule has 0 radical (unpaired) electrons. The largest absolute Gasteiger partial charge is 0.332 e. The van der Waals surface area contributed by atoms with Crippen molar-refractivity contribution in [2.24, 2.45) is 0 Å². The highest BCUT2D eigenvalue weighted by Crippen LogP contribution is 2.14. The zero-order valence-corrected chi connectivity index (χ0v) is 9.42. The van der Waals surface area contributed by atoms with Crippen LogP contribution in [0.3, 0.4) is 0 Å². The van der Waals surface area contributed by atoms with E-state index in [1.165, 1.54) is 12.1 Å². The van der Waals surface area contributed by atoms with Gasteiger partial charge in [0, 0.05) is 19.2 Å². The van der Waals surface area contributed by atoms with Crippen molar-refractivity contribution in [2.45, 2.75) is 12.5 Å². The molecule has 1 aromatic carbocycles. The summed E-state index contributed by atoms with van der Waals surface area (Å²) in [6, 6.07) is 6.06. The molecule has 6 nitrogen and oxygen atoms in total. The number of nitro benzene ring substituents is 1. The van der Waals surface area contributed by atoms with Crippen LogP contribution in [0.1, 0.15) is 5.56 Å². The van der Waals surface area contributed by atoms with Crippen LogP contribution in [0, 0.1) is 10.1 Å². The van der Waals surface area contributed by atoms with E-state index in [2.05, 4.69) is 5.32 Å². The Morgan fingerprint density at radius 3 is 2.59 bits per heavy atom. The summed E-state index contributed by atoms with van der Waals surface area (Å²) in [4.78, 5) is 23.3. The lowest BCUT2D eigenvalue weighted by Crippen LogP contribution is -2.30. The lowest BCUT2D eigenvalue weighted by molar-refractivity contribution is -0.384. The van der Waals surface area contributed by atoms with E-state index < -0.39 is 4.92 Å². The quantitative estimate of drug-likeness (QED) is 0.612. The predicted octanol–water partition coefficient (Wildman–Crippen LogP) is 0.525. The van der Waals surface area contributed by atoms with Crippen LogP contribution in [-0.4, -0.2) is 35.5 Å². The summed E-state index contributed by atoms with van der Waals surface area (Å²) < 4.78 is 0. The number of carbonyl (C=O) groups excluding carboxylic acids is 1. The van der Waals surface area contributed by atoms with E-state index in [4.69, 9.17) is 0 Å². The molecule has 6 heteroatoms. The molecule has 2 rings (SSSR count). The van der Waals surface area contributed by atoms with Crippen LogP contribution in [0.15, 0.2) is 24.3 Å². The Bertz CT molecular complexity index is 444. The van der Waals surface area contributed by atoms with Crippen LogP contribution in [0.2, 0.25) is 0 Å². The fourth-order valence-electron chi connectivity index (χ4n) is 1.83. The monoisotopic (exact) mass is 235 g/mol. The number of hydrogen-bond acceptors (Lipinski definition) is 4. The van der Waals surface area contributed by atoms with Crippen molar-refractivity contribution in [1.29, 1.82) is 0 Å².